The first-order chi connectivity index (χ1) is 7.24. The Morgan fingerprint density at radius 1 is 1.27 bits per heavy atom. The monoisotopic (exact) mass is 200 g/mol. The highest BCUT2D eigenvalue weighted by Crippen LogP contribution is 2.05. The van der Waals surface area contributed by atoms with Gasteiger partial charge in [-0.1, -0.05) is 12.1 Å². The van der Waals surface area contributed by atoms with Gasteiger partial charge in [-0.3, -0.25) is 9.59 Å². The first kappa shape index (κ1) is 9.58. The highest BCUT2D eigenvalue weighted by molar-refractivity contribution is 5.77. The van der Waals surface area contributed by atoms with Gasteiger partial charge in [0.05, 0.1) is 17.1 Å². The lowest BCUT2D eigenvalue weighted by Crippen LogP contribution is -2.15. The van der Waals surface area contributed by atoms with E-state index >= 15 is 0 Å². The fourth-order valence-corrected chi connectivity index (χ4v) is 1.45. The minimum absolute atomic E-state index is 0.0230. The van der Waals surface area contributed by atoms with E-state index in [2.05, 4.69) is 4.98 Å². The van der Waals surface area contributed by atoms with Crippen LogP contribution in [0.25, 0.3) is 10.9 Å². The van der Waals surface area contributed by atoms with Gasteiger partial charge in [0, 0.05) is 6.54 Å². The largest absolute Gasteiger partial charge is 0.306 e. The molecular formula is C11H8N2O2. The molecule has 15 heavy (non-hydrogen) atoms. The molecule has 0 unspecified atom stereocenters. The van der Waals surface area contributed by atoms with Crippen molar-refractivity contribution < 1.29 is 0 Å². The molecule has 0 aliphatic rings. The van der Waals surface area contributed by atoms with Crippen molar-refractivity contribution in [2.75, 3.05) is 0 Å². The van der Waals surface area contributed by atoms with Gasteiger partial charge in [0.1, 0.15) is 0 Å². The van der Waals surface area contributed by atoms with Gasteiger partial charge in [0.25, 0.3) is 11.1 Å². The van der Waals surface area contributed by atoms with Crippen LogP contribution in [-0.2, 0) is 6.54 Å². The van der Waals surface area contributed by atoms with Crippen LogP contribution in [0, 0.1) is 6.92 Å². The molecule has 0 atom stereocenters. The number of hydrogen-bond acceptors (Lipinski definition) is 3. The van der Waals surface area contributed by atoms with Crippen molar-refractivity contribution >= 4 is 10.9 Å². The summed E-state index contributed by atoms with van der Waals surface area (Å²) in [5.74, 6) is 0. The number of nitrogens with zero attached hydrogens (tertiary/aromatic N) is 2. The van der Waals surface area contributed by atoms with Crippen molar-refractivity contribution in [2.45, 2.75) is 6.54 Å². The van der Waals surface area contributed by atoms with E-state index < -0.39 is 5.56 Å². The molecule has 0 saturated carbocycles. The van der Waals surface area contributed by atoms with Gasteiger partial charge in [-0.15, -0.1) is 0 Å². The molecule has 0 amide bonds. The Kier molecular flexibility index (Phi) is 2.33. The molecule has 4 nitrogen and oxygen atoms in total. The smallest absolute Gasteiger partial charge is 0.279 e. The molecule has 0 N–H and O–H groups in total. The van der Waals surface area contributed by atoms with Crippen LogP contribution in [0.1, 0.15) is 0 Å². The summed E-state index contributed by atoms with van der Waals surface area (Å²) in [6, 6.07) is 6.76. The molecule has 2 radical (unpaired) electrons. The number of aromatic nitrogens is 2. The number of fused-ring (bicyclic) bond motifs is 1. The third kappa shape index (κ3) is 1.54. The molecule has 1 aromatic heterocycles. The average molecular weight is 200 g/mol. The molecule has 4 heteroatoms. The highest BCUT2D eigenvalue weighted by Gasteiger charge is 2.02. The van der Waals surface area contributed by atoms with Gasteiger partial charge in [-0.2, -0.15) is 0 Å². The minimum atomic E-state index is -0.421. The molecule has 1 heterocycles. The van der Waals surface area contributed by atoms with E-state index in [4.69, 9.17) is 6.92 Å². The van der Waals surface area contributed by atoms with Crippen LogP contribution in [0.5, 0.6) is 0 Å². The zero-order chi connectivity index (χ0) is 10.8. The predicted octanol–water partition coefficient (Wildman–Crippen LogP) is 0.468. The highest BCUT2D eigenvalue weighted by atomic mass is 16.1. The number of rotatable bonds is 1. The van der Waals surface area contributed by atoms with E-state index in [0.717, 1.165) is 6.20 Å². The maximum Gasteiger partial charge on any atom is 0.279 e. The Labute approximate surface area is 85.8 Å². The van der Waals surface area contributed by atoms with Crippen LogP contribution in [0.3, 0.4) is 0 Å². The first-order valence-corrected chi connectivity index (χ1v) is 4.43. The third-order valence-corrected chi connectivity index (χ3v) is 2.17. The quantitative estimate of drug-likeness (QED) is 0.672. The molecule has 74 valence electrons. The van der Waals surface area contributed by atoms with Crippen molar-refractivity contribution in [3.63, 3.8) is 0 Å². The van der Waals surface area contributed by atoms with E-state index in [9.17, 15) is 9.59 Å². The lowest BCUT2D eigenvalue weighted by atomic mass is 10.2. The summed E-state index contributed by atoms with van der Waals surface area (Å²) in [6.45, 7) is 5.48. The zero-order valence-corrected chi connectivity index (χ0v) is 7.88. The average Bonchev–Trinajstić information content (AvgIpc) is 2.38. The SMILES string of the molecule is [CH]Cn1c(=O)cnc(=O)c2ccccc21. The van der Waals surface area contributed by atoms with E-state index in [1.54, 1.807) is 24.3 Å². The Morgan fingerprint density at radius 2 is 2.00 bits per heavy atom. The van der Waals surface area contributed by atoms with Crippen LogP contribution in [0.15, 0.2) is 40.1 Å². The third-order valence-electron chi connectivity index (χ3n) is 2.17. The summed E-state index contributed by atoms with van der Waals surface area (Å²) >= 11 is 0. The van der Waals surface area contributed by atoms with Gasteiger partial charge in [0.15, 0.2) is 0 Å². The maximum absolute atomic E-state index is 11.5. The lowest BCUT2D eigenvalue weighted by molar-refractivity contribution is 0.815. The summed E-state index contributed by atoms with van der Waals surface area (Å²) in [7, 11) is 0. The molecule has 0 fully saturated rings. The van der Waals surface area contributed by atoms with E-state index in [-0.39, 0.29) is 12.1 Å². The minimum Gasteiger partial charge on any atom is -0.306 e. The molecule has 1 aromatic carbocycles. The molecule has 0 saturated heterocycles. The Balaban J connectivity index is 3.13. The number of para-hydroxylation sites is 1. The second-order valence-electron chi connectivity index (χ2n) is 3.03. The molecule has 2 rings (SSSR count). The summed E-state index contributed by atoms with van der Waals surface area (Å²) < 4.78 is 1.31. The number of hydrogen-bond donors (Lipinski definition) is 0. The Hall–Kier alpha value is -1.97. The van der Waals surface area contributed by atoms with Crippen molar-refractivity contribution in [3.05, 3.63) is 58.1 Å². The summed E-state index contributed by atoms with van der Waals surface area (Å²) in [5.41, 5.74) is -0.293. The maximum atomic E-state index is 11.5. The van der Waals surface area contributed by atoms with Crippen LogP contribution < -0.4 is 11.1 Å². The van der Waals surface area contributed by atoms with Gasteiger partial charge in [0.2, 0.25) is 0 Å². The Bertz CT molecular complexity index is 617. The Morgan fingerprint density at radius 3 is 2.73 bits per heavy atom. The molecule has 0 spiro atoms. The van der Waals surface area contributed by atoms with Gasteiger partial charge in [-0.05, 0) is 19.1 Å². The fourth-order valence-electron chi connectivity index (χ4n) is 1.45. The topological polar surface area (TPSA) is 52.0 Å². The van der Waals surface area contributed by atoms with Crippen LogP contribution in [0.2, 0.25) is 0 Å². The van der Waals surface area contributed by atoms with E-state index in [1.165, 1.54) is 4.57 Å². The lowest BCUT2D eigenvalue weighted by Gasteiger charge is -2.00. The van der Waals surface area contributed by atoms with Gasteiger partial charge in [-0.25, -0.2) is 4.98 Å². The first-order valence-electron chi connectivity index (χ1n) is 4.43. The number of benzene rings is 1. The van der Waals surface area contributed by atoms with Gasteiger partial charge < -0.3 is 4.57 Å². The second kappa shape index (κ2) is 3.65. The van der Waals surface area contributed by atoms with Crippen molar-refractivity contribution in [3.8, 4) is 0 Å². The second-order valence-corrected chi connectivity index (χ2v) is 3.03. The normalized spacial score (nSPS) is 10.5. The summed E-state index contributed by atoms with van der Waals surface area (Å²) in [4.78, 5) is 26.5. The van der Waals surface area contributed by atoms with E-state index in [0.29, 0.717) is 10.9 Å². The molecular weight excluding hydrogens is 192 g/mol. The fraction of sp³-hybridized carbons (Fsp3) is 0.0909. The van der Waals surface area contributed by atoms with Crippen molar-refractivity contribution in [1.29, 1.82) is 0 Å². The zero-order valence-electron chi connectivity index (χ0n) is 7.88. The standard InChI is InChI=1S/C11H8N2O2/c1-2-13-9-6-4-3-5-8(9)11(15)12-7-10(13)14/h1,3-7H,2H2. The van der Waals surface area contributed by atoms with Crippen LogP contribution in [0.4, 0.5) is 0 Å². The van der Waals surface area contributed by atoms with Crippen molar-refractivity contribution in [1.82, 2.24) is 9.55 Å². The molecule has 0 bridgehead atoms. The summed E-state index contributed by atoms with van der Waals surface area (Å²) in [6.07, 6.45) is 0.995. The van der Waals surface area contributed by atoms with Gasteiger partial charge >= 0.3 is 0 Å². The van der Waals surface area contributed by atoms with E-state index in [1.807, 2.05) is 0 Å². The molecule has 2 aromatic rings. The molecule has 0 aliphatic heterocycles. The van der Waals surface area contributed by atoms with Crippen LogP contribution in [-0.4, -0.2) is 9.55 Å². The molecule has 0 aliphatic carbocycles. The van der Waals surface area contributed by atoms with Crippen LogP contribution >= 0.6 is 0 Å². The van der Waals surface area contributed by atoms with Crippen molar-refractivity contribution in [2.24, 2.45) is 0 Å². The summed E-state index contributed by atoms with van der Waals surface area (Å²) in [5, 5.41) is 0.394. The predicted molar refractivity (Wildman–Crippen MR) is 56.6 cm³/mol.